The molecule has 2 bridgehead atoms. The molecule has 1 aromatic rings. The zero-order valence-electron chi connectivity index (χ0n) is 16.9. The predicted octanol–water partition coefficient (Wildman–Crippen LogP) is 3.08. The SMILES string of the molecule is O=S(=O)(c1ccc(OC(F)F)cc1)N1CCC2(CC[C@@H](N3CC4CC3CO4)C2)CC1. The van der Waals surface area contributed by atoms with Crippen LogP contribution in [-0.2, 0) is 14.8 Å². The Morgan fingerprint density at radius 1 is 1.10 bits per heavy atom. The van der Waals surface area contributed by atoms with Crippen LogP contribution < -0.4 is 4.74 Å². The van der Waals surface area contributed by atoms with Crippen LogP contribution in [0.1, 0.15) is 38.5 Å². The highest BCUT2D eigenvalue weighted by Gasteiger charge is 2.49. The normalized spacial score (nSPS) is 31.8. The van der Waals surface area contributed by atoms with Gasteiger partial charge in [-0.2, -0.15) is 13.1 Å². The van der Waals surface area contributed by atoms with Crippen molar-refractivity contribution in [1.82, 2.24) is 9.21 Å². The number of ether oxygens (including phenoxy) is 2. The van der Waals surface area contributed by atoms with Gasteiger partial charge in [0.15, 0.2) is 0 Å². The number of alkyl halides is 2. The van der Waals surface area contributed by atoms with Crippen molar-refractivity contribution in [1.29, 1.82) is 0 Å². The highest BCUT2D eigenvalue weighted by molar-refractivity contribution is 7.89. The molecule has 0 amide bonds. The molecule has 0 aromatic heterocycles. The van der Waals surface area contributed by atoms with E-state index in [2.05, 4.69) is 9.64 Å². The highest BCUT2D eigenvalue weighted by Crippen LogP contribution is 2.50. The Morgan fingerprint density at radius 2 is 1.83 bits per heavy atom. The minimum atomic E-state index is -3.63. The summed E-state index contributed by atoms with van der Waals surface area (Å²) in [5, 5.41) is 0. The molecule has 4 fully saturated rings. The Kier molecular flexibility index (Phi) is 5.28. The van der Waals surface area contributed by atoms with Crippen LogP contribution in [-0.4, -0.2) is 68.7 Å². The fraction of sp³-hybridized carbons (Fsp3) is 0.714. The Labute approximate surface area is 176 Å². The molecule has 6 nitrogen and oxygen atoms in total. The summed E-state index contributed by atoms with van der Waals surface area (Å²) in [7, 11) is -3.63. The Hall–Kier alpha value is -1.29. The fourth-order valence-electron chi connectivity index (χ4n) is 5.93. The van der Waals surface area contributed by atoms with E-state index in [1.165, 1.54) is 37.1 Å². The number of rotatable bonds is 5. The third-order valence-electron chi connectivity index (χ3n) is 7.56. The minimum Gasteiger partial charge on any atom is -0.435 e. The van der Waals surface area contributed by atoms with Gasteiger partial charge in [-0.05, 0) is 68.2 Å². The van der Waals surface area contributed by atoms with Crippen molar-refractivity contribution in [3.8, 4) is 5.75 Å². The van der Waals surface area contributed by atoms with Gasteiger partial charge in [-0.25, -0.2) is 8.42 Å². The molecule has 1 spiro atoms. The Balaban J connectivity index is 1.20. The summed E-state index contributed by atoms with van der Waals surface area (Å²) in [5.74, 6) is -0.0421. The molecular formula is C21H28F2N2O4S. The molecule has 1 aromatic carbocycles. The second-order valence-electron chi connectivity index (χ2n) is 9.19. The largest absolute Gasteiger partial charge is 0.435 e. The van der Waals surface area contributed by atoms with E-state index in [1.54, 1.807) is 4.31 Å². The van der Waals surface area contributed by atoms with E-state index in [1.807, 2.05) is 0 Å². The number of morpholine rings is 1. The third-order valence-corrected chi connectivity index (χ3v) is 9.47. The van der Waals surface area contributed by atoms with Gasteiger partial charge >= 0.3 is 6.61 Å². The number of likely N-dealkylation sites (tertiary alicyclic amines) is 1. The number of hydrogen-bond acceptors (Lipinski definition) is 5. The second kappa shape index (κ2) is 7.69. The lowest BCUT2D eigenvalue weighted by Gasteiger charge is -2.40. The van der Waals surface area contributed by atoms with Gasteiger partial charge in [0.05, 0.1) is 17.6 Å². The van der Waals surface area contributed by atoms with Crippen LogP contribution in [0.15, 0.2) is 29.2 Å². The summed E-state index contributed by atoms with van der Waals surface area (Å²) in [6.07, 6.45) is 6.86. The monoisotopic (exact) mass is 442 g/mol. The average Bonchev–Trinajstić information content (AvgIpc) is 3.44. The molecule has 1 aliphatic carbocycles. The first-order valence-corrected chi connectivity index (χ1v) is 12.2. The molecular weight excluding hydrogens is 414 g/mol. The molecule has 30 heavy (non-hydrogen) atoms. The molecule has 2 unspecified atom stereocenters. The molecule has 1 saturated carbocycles. The fourth-order valence-corrected chi connectivity index (χ4v) is 7.37. The van der Waals surface area contributed by atoms with Crippen LogP contribution in [0.4, 0.5) is 8.78 Å². The van der Waals surface area contributed by atoms with E-state index in [4.69, 9.17) is 4.74 Å². The average molecular weight is 443 g/mol. The zero-order chi connectivity index (χ0) is 20.9. The molecule has 3 atom stereocenters. The number of nitrogens with zero attached hydrogens (tertiary/aromatic N) is 2. The van der Waals surface area contributed by atoms with Crippen LogP contribution in [0.2, 0.25) is 0 Å². The van der Waals surface area contributed by atoms with Crippen LogP contribution in [0, 0.1) is 5.41 Å². The lowest BCUT2D eigenvalue weighted by Crippen LogP contribution is -2.45. The molecule has 166 valence electrons. The predicted molar refractivity (Wildman–Crippen MR) is 106 cm³/mol. The van der Waals surface area contributed by atoms with E-state index >= 15 is 0 Å². The maximum Gasteiger partial charge on any atom is 0.387 e. The Morgan fingerprint density at radius 3 is 2.43 bits per heavy atom. The first kappa shape index (κ1) is 20.6. The standard InChI is InChI=1S/C21H28F2N2O4S/c22-20(23)29-17-1-3-19(4-2-17)30(26,27)24-9-7-21(8-10-24)6-5-15(12-21)25-13-18-11-16(25)14-28-18/h1-4,15-16,18,20H,5-14H2/t15-,16?,18?/m1/s1. The third kappa shape index (κ3) is 3.74. The maximum atomic E-state index is 13.0. The number of hydrogen-bond donors (Lipinski definition) is 0. The van der Waals surface area contributed by atoms with Crippen molar-refractivity contribution in [3.63, 3.8) is 0 Å². The number of piperidine rings is 1. The molecule has 0 radical (unpaired) electrons. The lowest BCUT2D eigenvalue weighted by molar-refractivity contribution is -0.0498. The van der Waals surface area contributed by atoms with Crippen LogP contribution in [0.25, 0.3) is 0 Å². The maximum absolute atomic E-state index is 13.0. The van der Waals surface area contributed by atoms with Crippen LogP contribution >= 0.6 is 0 Å². The van der Waals surface area contributed by atoms with Gasteiger partial charge in [0.2, 0.25) is 10.0 Å². The number of fused-ring (bicyclic) bond motifs is 2. The lowest BCUT2D eigenvalue weighted by atomic mass is 9.77. The van der Waals surface area contributed by atoms with Gasteiger partial charge < -0.3 is 9.47 Å². The number of benzene rings is 1. The Bertz CT molecular complexity index is 871. The molecule has 0 N–H and O–H groups in total. The second-order valence-corrected chi connectivity index (χ2v) is 11.1. The van der Waals surface area contributed by atoms with E-state index in [-0.39, 0.29) is 16.1 Å². The van der Waals surface area contributed by atoms with Crippen molar-refractivity contribution in [2.45, 2.75) is 68.2 Å². The van der Waals surface area contributed by atoms with Crippen molar-refractivity contribution in [3.05, 3.63) is 24.3 Å². The molecule has 3 aliphatic heterocycles. The number of halogens is 2. The summed E-state index contributed by atoms with van der Waals surface area (Å²) in [6.45, 7) is 0.0154. The van der Waals surface area contributed by atoms with Gasteiger partial charge in [0.1, 0.15) is 5.75 Å². The summed E-state index contributed by atoms with van der Waals surface area (Å²) in [5.41, 5.74) is 0.244. The topological polar surface area (TPSA) is 59.1 Å². The highest BCUT2D eigenvalue weighted by atomic mass is 32.2. The molecule has 9 heteroatoms. The van der Waals surface area contributed by atoms with Crippen molar-refractivity contribution in [2.75, 3.05) is 26.2 Å². The molecule has 3 saturated heterocycles. The minimum absolute atomic E-state index is 0.0421. The van der Waals surface area contributed by atoms with Crippen LogP contribution in [0.3, 0.4) is 0 Å². The van der Waals surface area contributed by atoms with Gasteiger partial charge in [0, 0.05) is 31.7 Å². The van der Waals surface area contributed by atoms with Gasteiger partial charge in [0.25, 0.3) is 0 Å². The zero-order valence-corrected chi connectivity index (χ0v) is 17.7. The smallest absolute Gasteiger partial charge is 0.387 e. The first-order valence-electron chi connectivity index (χ1n) is 10.8. The summed E-state index contributed by atoms with van der Waals surface area (Å²) in [4.78, 5) is 2.77. The molecule has 4 aliphatic rings. The van der Waals surface area contributed by atoms with Gasteiger partial charge in [-0.1, -0.05) is 0 Å². The molecule has 3 heterocycles. The molecule has 5 rings (SSSR count). The first-order chi connectivity index (χ1) is 14.3. The van der Waals surface area contributed by atoms with Crippen LogP contribution in [0.5, 0.6) is 5.75 Å². The van der Waals surface area contributed by atoms with Crippen molar-refractivity contribution in [2.24, 2.45) is 5.41 Å². The van der Waals surface area contributed by atoms with Gasteiger partial charge in [-0.3, -0.25) is 4.90 Å². The summed E-state index contributed by atoms with van der Waals surface area (Å²) < 4.78 is 62.2. The quantitative estimate of drug-likeness (QED) is 0.702. The van der Waals surface area contributed by atoms with Crippen molar-refractivity contribution >= 4 is 10.0 Å². The van der Waals surface area contributed by atoms with Gasteiger partial charge in [-0.15, -0.1) is 0 Å². The van der Waals surface area contributed by atoms with E-state index < -0.39 is 16.6 Å². The van der Waals surface area contributed by atoms with E-state index in [0.29, 0.717) is 31.3 Å². The van der Waals surface area contributed by atoms with E-state index in [9.17, 15) is 17.2 Å². The summed E-state index contributed by atoms with van der Waals surface area (Å²) in [6, 6.07) is 6.42. The van der Waals surface area contributed by atoms with E-state index in [0.717, 1.165) is 38.8 Å². The number of sulfonamides is 1. The van der Waals surface area contributed by atoms with Crippen molar-refractivity contribution < 1.29 is 26.7 Å². The summed E-state index contributed by atoms with van der Waals surface area (Å²) >= 11 is 0.